The molecule has 3 aromatic rings. The van der Waals surface area contributed by atoms with Crippen molar-refractivity contribution in [1.29, 1.82) is 0 Å². The van der Waals surface area contributed by atoms with Crippen molar-refractivity contribution in [3.8, 4) is 11.5 Å². The van der Waals surface area contributed by atoms with Crippen molar-refractivity contribution in [2.45, 2.75) is 19.8 Å². The van der Waals surface area contributed by atoms with Crippen LogP contribution >= 0.6 is 0 Å². The number of aromatic nitrogens is 2. The highest BCUT2D eigenvalue weighted by molar-refractivity contribution is 5.42. The molecule has 2 aromatic carbocycles. The Balaban J connectivity index is 1.49. The van der Waals surface area contributed by atoms with E-state index in [1.54, 1.807) is 14.2 Å². The third-order valence-electron chi connectivity index (χ3n) is 4.59. The standard InChI is InChI=1S/C23H28N4O2/c1-17-16-22(24-14-12-18-4-8-20(28-2)9-5-18)27-23(26-17)25-15-13-19-6-10-21(29-3)11-7-19/h4-11,16H,12-15H2,1-3H3,(H2,24,25,26,27). The summed E-state index contributed by atoms with van der Waals surface area (Å²) in [5, 5.41) is 6.70. The highest BCUT2D eigenvalue weighted by atomic mass is 16.5. The number of ether oxygens (including phenoxy) is 2. The van der Waals surface area contributed by atoms with Crippen LogP contribution in [-0.2, 0) is 12.8 Å². The Kier molecular flexibility index (Phi) is 7.28. The third kappa shape index (κ3) is 6.38. The lowest BCUT2D eigenvalue weighted by Gasteiger charge is -2.10. The van der Waals surface area contributed by atoms with Crippen LogP contribution < -0.4 is 20.1 Å². The molecule has 2 N–H and O–H groups in total. The fraction of sp³-hybridized carbons (Fsp3) is 0.304. The Morgan fingerprint density at radius 1 is 0.724 bits per heavy atom. The number of rotatable bonds is 10. The minimum absolute atomic E-state index is 0.644. The van der Waals surface area contributed by atoms with Crippen molar-refractivity contribution >= 4 is 11.8 Å². The lowest BCUT2D eigenvalue weighted by atomic mass is 10.1. The monoisotopic (exact) mass is 392 g/mol. The van der Waals surface area contributed by atoms with Crippen LogP contribution in [0.5, 0.6) is 11.5 Å². The van der Waals surface area contributed by atoms with E-state index in [9.17, 15) is 0 Å². The summed E-state index contributed by atoms with van der Waals surface area (Å²) in [5.41, 5.74) is 3.42. The number of nitrogens with one attached hydrogen (secondary N) is 2. The van der Waals surface area contributed by atoms with Crippen molar-refractivity contribution in [3.05, 3.63) is 71.4 Å². The van der Waals surface area contributed by atoms with E-state index in [1.807, 2.05) is 37.3 Å². The van der Waals surface area contributed by atoms with Gasteiger partial charge in [0.2, 0.25) is 5.95 Å². The molecule has 0 bridgehead atoms. The zero-order chi connectivity index (χ0) is 20.5. The molecule has 0 aliphatic heterocycles. The molecule has 0 fully saturated rings. The molecule has 152 valence electrons. The van der Waals surface area contributed by atoms with Crippen LogP contribution in [0.1, 0.15) is 16.8 Å². The normalized spacial score (nSPS) is 10.4. The maximum atomic E-state index is 5.19. The second kappa shape index (κ2) is 10.3. The number of nitrogens with zero attached hydrogens (tertiary/aromatic N) is 2. The van der Waals surface area contributed by atoms with Crippen molar-refractivity contribution in [2.24, 2.45) is 0 Å². The summed E-state index contributed by atoms with van der Waals surface area (Å²) in [6.07, 6.45) is 1.80. The molecule has 3 rings (SSSR count). The molecule has 0 saturated carbocycles. The van der Waals surface area contributed by atoms with Crippen LogP contribution in [0.25, 0.3) is 0 Å². The van der Waals surface area contributed by atoms with Gasteiger partial charge in [-0.05, 0) is 55.2 Å². The second-order valence-electron chi connectivity index (χ2n) is 6.77. The zero-order valence-corrected chi connectivity index (χ0v) is 17.2. The maximum absolute atomic E-state index is 5.19. The third-order valence-corrected chi connectivity index (χ3v) is 4.59. The molecular weight excluding hydrogens is 364 g/mol. The molecular formula is C23H28N4O2. The van der Waals surface area contributed by atoms with Crippen LogP contribution in [0.4, 0.5) is 11.8 Å². The van der Waals surface area contributed by atoms with Crippen LogP contribution in [0.2, 0.25) is 0 Å². The highest BCUT2D eigenvalue weighted by Gasteiger charge is 2.03. The largest absolute Gasteiger partial charge is 0.497 e. The molecule has 0 aliphatic carbocycles. The molecule has 0 radical (unpaired) electrons. The van der Waals surface area contributed by atoms with Gasteiger partial charge in [-0.15, -0.1) is 0 Å². The van der Waals surface area contributed by atoms with Gasteiger partial charge in [0.15, 0.2) is 0 Å². The van der Waals surface area contributed by atoms with E-state index in [4.69, 9.17) is 9.47 Å². The topological polar surface area (TPSA) is 68.3 Å². The first-order valence-electron chi connectivity index (χ1n) is 9.75. The Labute approximate surface area is 172 Å². The molecule has 1 aromatic heterocycles. The number of hydrogen-bond acceptors (Lipinski definition) is 6. The lowest BCUT2D eigenvalue weighted by Crippen LogP contribution is -2.12. The smallest absolute Gasteiger partial charge is 0.224 e. The van der Waals surface area contributed by atoms with E-state index < -0.39 is 0 Å². The van der Waals surface area contributed by atoms with Gasteiger partial charge in [0, 0.05) is 24.8 Å². The quantitative estimate of drug-likeness (QED) is 0.541. The van der Waals surface area contributed by atoms with Crippen LogP contribution in [0.3, 0.4) is 0 Å². The molecule has 0 aliphatic rings. The number of benzene rings is 2. The van der Waals surface area contributed by atoms with E-state index in [0.29, 0.717) is 5.95 Å². The van der Waals surface area contributed by atoms with Gasteiger partial charge in [-0.1, -0.05) is 24.3 Å². The van der Waals surface area contributed by atoms with Crippen molar-refractivity contribution in [3.63, 3.8) is 0 Å². The first kappa shape index (κ1) is 20.5. The van der Waals surface area contributed by atoms with E-state index in [1.165, 1.54) is 11.1 Å². The fourth-order valence-electron chi connectivity index (χ4n) is 2.98. The molecule has 0 atom stereocenters. The minimum Gasteiger partial charge on any atom is -0.497 e. The van der Waals surface area contributed by atoms with Crippen LogP contribution in [0, 0.1) is 6.92 Å². The summed E-state index contributed by atoms with van der Waals surface area (Å²) in [4.78, 5) is 9.06. The van der Waals surface area contributed by atoms with Crippen molar-refractivity contribution in [1.82, 2.24) is 9.97 Å². The SMILES string of the molecule is COc1ccc(CCNc2cc(C)nc(NCCc3ccc(OC)cc3)n2)cc1. The molecule has 0 amide bonds. The van der Waals surface area contributed by atoms with E-state index in [0.717, 1.165) is 48.9 Å². The van der Waals surface area contributed by atoms with E-state index in [-0.39, 0.29) is 0 Å². The van der Waals surface area contributed by atoms with Crippen LogP contribution in [-0.4, -0.2) is 37.3 Å². The Bertz CT molecular complexity index is 824. The number of anilines is 2. The molecule has 1 heterocycles. The molecule has 0 saturated heterocycles. The minimum atomic E-state index is 0.644. The van der Waals surface area contributed by atoms with E-state index in [2.05, 4.69) is 44.9 Å². The van der Waals surface area contributed by atoms with Gasteiger partial charge < -0.3 is 20.1 Å². The summed E-state index contributed by atoms with van der Waals surface area (Å²) in [6, 6.07) is 18.2. The number of methoxy groups -OCH3 is 2. The van der Waals surface area contributed by atoms with Gasteiger partial charge in [0.25, 0.3) is 0 Å². The summed E-state index contributed by atoms with van der Waals surface area (Å²) < 4.78 is 10.4. The van der Waals surface area contributed by atoms with Gasteiger partial charge in [-0.2, -0.15) is 4.98 Å². The molecule has 29 heavy (non-hydrogen) atoms. The molecule has 6 nitrogen and oxygen atoms in total. The van der Waals surface area contributed by atoms with E-state index >= 15 is 0 Å². The first-order valence-corrected chi connectivity index (χ1v) is 9.75. The van der Waals surface area contributed by atoms with Crippen LogP contribution in [0.15, 0.2) is 54.6 Å². The predicted molar refractivity (Wildman–Crippen MR) is 117 cm³/mol. The highest BCUT2D eigenvalue weighted by Crippen LogP contribution is 2.14. The van der Waals surface area contributed by atoms with Gasteiger partial charge in [0.05, 0.1) is 14.2 Å². The fourth-order valence-corrected chi connectivity index (χ4v) is 2.98. The zero-order valence-electron chi connectivity index (χ0n) is 17.2. The Morgan fingerprint density at radius 3 is 1.76 bits per heavy atom. The summed E-state index contributed by atoms with van der Waals surface area (Å²) in [6.45, 7) is 3.54. The Hall–Kier alpha value is -3.28. The van der Waals surface area contributed by atoms with Gasteiger partial charge >= 0.3 is 0 Å². The first-order chi connectivity index (χ1) is 14.2. The average molecular weight is 393 g/mol. The van der Waals surface area contributed by atoms with Crippen molar-refractivity contribution < 1.29 is 9.47 Å². The average Bonchev–Trinajstić information content (AvgIpc) is 2.74. The van der Waals surface area contributed by atoms with Gasteiger partial charge in [-0.25, -0.2) is 4.98 Å². The second-order valence-corrected chi connectivity index (χ2v) is 6.77. The maximum Gasteiger partial charge on any atom is 0.224 e. The number of aryl methyl sites for hydroxylation is 1. The van der Waals surface area contributed by atoms with Gasteiger partial charge in [-0.3, -0.25) is 0 Å². The molecule has 0 unspecified atom stereocenters. The predicted octanol–water partition coefficient (Wildman–Crippen LogP) is 4.11. The summed E-state index contributed by atoms with van der Waals surface area (Å²) >= 11 is 0. The number of hydrogen-bond donors (Lipinski definition) is 2. The summed E-state index contributed by atoms with van der Waals surface area (Å²) in [7, 11) is 3.35. The molecule has 6 heteroatoms. The lowest BCUT2D eigenvalue weighted by molar-refractivity contribution is 0.414. The van der Waals surface area contributed by atoms with Gasteiger partial charge in [0.1, 0.15) is 17.3 Å². The molecule has 0 spiro atoms. The van der Waals surface area contributed by atoms with Crippen molar-refractivity contribution in [2.75, 3.05) is 37.9 Å². The Morgan fingerprint density at radius 2 is 1.24 bits per heavy atom. The summed E-state index contributed by atoms with van der Waals surface area (Å²) in [5.74, 6) is 3.22.